The predicted octanol–water partition coefficient (Wildman–Crippen LogP) is 4.83. The summed E-state index contributed by atoms with van der Waals surface area (Å²) in [5, 5.41) is 10.7. The van der Waals surface area contributed by atoms with E-state index in [4.69, 9.17) is 9.47 Å². The van der Waals surface area contributed by atoms with Crippen molar-refractivity contribution in [2.75, 3.05) is 7.11 Å². The maximum absolute atomic E-state index is 12.2. The first-order chi connectivity index (χ1) is 14.2. The molecule has 7 atom stereocenters. The van der Waals surface area contributed by atoms with Gasteiger partial charge in [0.2, 0.25) is 0 Å². The van der Waals surface area contributed by atoms with Crippen LogP contribution in [-0.4, -0.2) is 36.4 Å². The summed E-state index contributed by atoms with van der Waals surface area (Å²) >= 11 is 0. The molecule has 0 saturated heterocycles. The van der Waals surface area contributed by atoms with Gasteiger partial charge in [-0.2, -0.15) is 0 Å². The summed E-state index contributed by atoms with van der Waals surface area (Å²) in [6.45, 7) is 8.26. The first-order valence-electron chi connectivity index (χ1n) is 11.6. The summed E-state index contributed by atoms with van der Waals surface area (Å²) in [6, 6.07) is 0. The highest BCUT2D eigenvalue weighted by molar-refractivity contribution is 5.73. The normalized spacial score (nSPS) is 28.7. The second kappa shape index (κ2) is 11.7. The highest BCUT2D eigenvalue weighted by atomic mass is 16.6. The number of hydrogen-bond donors (Lipinski definition) is 1. The fraction of sp³-hybridized carbons (Fsp3) is 0.760. The van der Waals surface area contributed by atoms with Crippen molar-refractivity contribution < 1.29 is 24.2 Å². The molecule has 0 heterocycles. The van der Waals surface area contributed by atoms with E-state index in [0.717, 1.165) is 6.42 Å². The van der Waals surface area contributed by atoms with Gasteiger partial charge in [0.15, 0.2) is 0 Å². The molecule has 0 bridgehead atoms. The zero-order valence-electron chi connectivity index (χ0n) is 19.3. The van der Waals surface area contributed by atoms with Crippen molar-refractivity contribution in [2.24, 2.45) is 29.6 Å². The first-order valence-corrected chi connectivity index (χ1v) is 11.6. The molecule has 2 aliphatic carbocycles. The molecule has 5 heteroatoms. The summed E-state index contributed by atoms with van der Waals surface area (Å²) in [7, 11) is 1.32. The van der Waals surface area contributed by atoms with Crippen molar-refractivity contribution in [3.8, 4) is 0 Å². The lowest BCUT2D eigenvalue weighted by Gasteiger charge is -2.39. The molecule has 1 N–H and O–H groups in total. The van der Waals surface area contributed by atoms with Crippen molar-refractivity contribution in [3.05, 3.63) is 23.8 Å². The third kappa shape index (κ3) is 6.97. The monoisotopic (exact) mass is 420 g/mol. The fourth-order valence-corrected chi connectivity index (χ4v) is 4.72. The van der Waals surface area contributed by atoms with E-state index < -0.39 is 18.2 Å². The number of esters is 2. The largest absolute Gasteiger partial charge is 0.469 e. The third-order valence-corrected chi connectivity index (χ3v) is 6.91. The quantitative estimate of drug-likeness (QED) is 0.512. The molecule has 0 spiro atoms. The molecule has 30 heavy (non-hydrogen) atoms. The van der Waals surface area contributed by atoms with Gasteiger partial charge in [-0.1, -0.05) is 45.9 Å². The Hall–Kier alpha value is -1.62. The molecule has 2 aliphatic rings. The minimum absolute atomic E-state index is 0.0221. The van der Waals surface area contributed by atoms with Crippen LogP contribution in [0.3, 0.4) is 0 Å². The molecule has 0 radical (unpaired) electrons. The topological polar surface area (TPSA) is 72.8 Å². The number of carbonyl (C=O) groups is 2. The molecule has 0 aromatic carbocycles. The van der Waals surface area contributed by atoms with Gasteiger partial charge in [-0.15, -0.1) is 0 Å². The summed E-state index contributed by atoms with van der Waals surface area (Å²) in [5.41, 5.74) is 1.46. The Labute approximate surface area is 181 Å². The van der Waals surface area contributed by atoms with Gasteiger partial charge in [-0.25, -0.2) is 0 Å². The van der Waals surface area contributed by atoms with Gasteiger partial charge in [0.05, 0.1) is 25.6 Å². The summed E-state index contributed by atoms with van der Waals surface area (Å²) in [6.07, 6.45) is 10.6. The van der Waals surface area contributed by atoms with Crippen LogP contribution in [0.4, 0.5) is 0 Å². The number of rotatable bonds is 10. The number of ether oxygens (including phenoxy) is 2. The van der Waals surface area contributed by atoms with Crippen molar-refractivity contribution in [1.29, 1.82) is 0 Å². The van der Waals surface area contributed by atoms with E-state index in [-0.39, 0.29) is 24.7 Å². The Balaban J connectivity index is 1.94. The van der Waals surface area contributed by atoms with E-state index >= 15 is 0 Å². The zero-order chi connectivity index (χ0) is 22.3. The van der Waals surface area contributed by atoms with Gasteiger partial charge in [-0.3, -0.25) is 9.59 Å². The van der Waals surface area contributed by atoms with Gasteiger partial charge in [0.25, 0.3) is 0 Å². The predicted molar refractivity (Wildman–Crippen MR) is 118 cm³/mol. The van der Waals surface area contributed by atoms with Crippen molar-refractivity contribution in [3.63, 3.8) is 0 Å². The zero-order valence-corrected chi connectivity index (χ0v) is 19.3. The third-order valence-electron chi connectivity index (χ3n) is 6.91. The van der Waals surface area contributed by atoms with Crippen LogP contribution in [0.2, 0.25) is 0 Å². The Bertz CT molecular complexity index is 637. The number of methoxy groups -OCH3 is 1. The van der Waals surface area contributed by atoms with E-state index in [9.17, 15) is 14.7 Å². The van der Waals surface area contributed by atoms with Crippen LogP contribution >= 0.6 is 0 Å². The molecule has 0 amide bonds. The average Bonchev–Trinajstić information content (AvgIpc) is 2.72. The average molecular weight is 421 g/mol. The van der Waals surface area contributed by atoms with Crippen LogP contribution in [0, 0.1) is 29.6 Å². The minimum Gasteiger partial charge on any atom is -0.469 e. The maximum atomic E-state index is 12.2. The SMILES string of the molecule is CCC(C)C(=O)O[C@@H](CC(=O)OC)C[C@H](O)CC[C@@H]1C2CC[C@@H](C)C=C2C=C[C@@H]1C. The summed E-state index contributed by atoms with van der Waals surface area (Å²) in [4.78, 5) is 23.9. The second-order valence-electron chi connectivity index (χ2n) is 9.33. The standard InChI is InChI=1S/C25H40O5/c1-6-17(3)25(28)30-21(15-24(27)29-5)14-20(26)10-12-22-18(4)8-9-19-13-16(2)7-11-23(19)22/h8-9,13,16-18,20-23,26H,6-7,10-12,14-15H2,1-5H3/t16-,17?,18+,20-,21-,22+,23?/m1/s1. The van der Waals surface area contributed by atoms with Gasteiger partial charge >= 0.3 is 11.9 Å². The number of hydrogen-bond acceptors (Lipinski definition) is 5. The van der Waals surface area contributed by atoms with E-state index in [1.165, 1.54) is 25.5 Å². The Kier molecular flexibility index (Phi) is 9.60. The van der Waals surface area contributed by atoms with Crippen LogP contribution in [-0.2, 0) is 19.1 Å². The number of carbonyl (C=O) groups excluding carboxylic acids is 2. The number of allylic oxidation sites excluding steroid dienone is 4. The molecular weight excluding hydrogens is 380 g/mol. The van der Waals surface area contributed by atoms with Crippen molar-refractivity contribution in [2.45, 2.75) is 84.8 Å². The van der Waals surface area contributed by atoms with Crippen LogP contribution in [0.5, 0.6) is 0 Å². The van der Waals surface area contributed by atoms with Crippen molar-refractivity contribution >= 4 is 11.9 Å². The molecule has 5 nitrogen and oxygen atoms in total. The van der Waals surface area contributed by atoms with E-state index in [1.807, 2.05) is 13.8 Å². The van der Waals surface area contributed by atoms with Gasteiger partial charge < -0.3 is 14.6 Å². The minimum atomic E-state index is -0.649. The number of aliphatic hydroxyl groups is 1. The first kappa shape index (κ1) is 24.6. The molecule has 170 valence electrons. The number of aliphatic hydroxyl groups excluding tert-OH is 1. The molecule has 0 aliphatic heterocycles. The van der Waals surface area contributed by atoms with Crippen LogP contribution in [0.15, 0.2) is 23.8 Å². The van der Waals surface area contributed by atoms with Crippen LogP contribution in [0.1, 0.15) is 72.6 Å². The van der Waals surface area contributed by atoms with E-state index in [1.54, 1.807) is 0 Å². The maximum Gasteiger partial charge on any atom is 0.309 e. The lowest BCUT2D eigenvalue weighted by molar-refractivity contribution is -0.159. The lowest BCUT2D eigenvalue weighted by Crippen LogP contribution is -2.31. The molecule has 0 saturated carbocycles. The summed E-state index contributed by atoms with van der Waals surface area (Å²) in [5.74, 6) is 1.24. The fourth-order valence-electron chi connectivity index (χ4n) is 4.72. The van der Waals surface area contributed by atoms with Crippen molar-refractivity contribution in [1.82, 2.24) is 0 Å². The smallest absolute Gasteiger partial charge is 0.309 e. The second-order valence-corrected chi connectivity index (χ2v) is 9.33. The highest BCUT2D eigenvalue weighted by Gasteiger charge is 2.33. The Morgan fingerprint density at radius 3 is 2.67 bits per heavy atom. The molecule has 0 fully saturated rings. The van der Waals surface area contributed by atoms with Gasteiger partial charge in [0.1, 0.15) is 6.10 Å². The van der Waals surface area contributed by atoms with Crippen LogP contribution < -0.4 is 0 Å². The van der Waals surface area contributed by atoms with E-state index in [0.29, 0.717) is 36.5 Å². The summed E-state index contributed by atoms with van der Waals surface area (Å²) < 4.78 is 10.3. The highest BCUT2D eigenvalue weighted by Crippen LogP contribution is 2.43. The molecule has 2 unspecified atom stereocenters. The number of fused-ring (bicyclic) bond motifs is 1. The van der Waals surface area contributed by atoms with Crippen LogP contribution in [0.25, 0.3) is 0 Å². The molecule has 2 rings (SSSR count). The molecular formula is C25H40O5. The molecule has 0 aromatic heterocycles. The molecule has 0 aromatic rings. The Morgan fingerprint density at radius 1 is 1.27 bits per heavy atom. The van der Waals surface area contributed by atoms with E-state index in [2.05, 4.69) is 32.1 Å². The Morgan fingerprint density at radius 2 is 2.00 bits per heavy atom. The van der Waals surface area contributed by atoms with Gasteiger partial charge in [-0.05, 0) is 61.3 Å². The van der Waals surface area contributed by atoms with Gasteiger partial charge in [0, 0.05) is 6.42 Å². The lowest BCUT2D eigenvalue weighted by atomic mass is 9.66.